The lowest BCUT2D eigenvalue weighted by Gasteiger charge is -2.05. The summed E-state index contributed by atoms with van der Waals surface area (Å²) in [6, 6.07) is 7.90. The number of imidazole rings is 1. The van der Waals surface area contributed by atoms with E-state index in [4.69, 9.17) is 15.5 Å². The van der Waals surface area contributed by atoms with Crippen molar-refractivity contribution in [1.82, 2.24) is 9.55 Å². The summed E-state index contributed by atoms with van der Waals surface area (Å²) in [4.78, 5) is 4.77. The first-order valence-corrected chi connectivity index (χ1v) is 6.75. The zero-order chi connectivity index (χ0) is 13.4. The molecule has 4 nitrogen and oxygen atoms in total. The van der Waals surface area contributed by atoms with E-state index < -0.39 is 0 Å². The molecule has 0 aliphatic heterocycles. The van der Waals surface area contributed by atoms with Gasteiger partial charge >= 0.3 is 0 Å². The van der Waals surface area contributed by atoms with E-state index in [1.54, 1.807) is 7.11 Å². The SMILES string of the molecule is CCn1c(C2CC2)nc(-c2ccc(OC)cc2)c1N. The van der Waals surface area contributed by atoms with Gasteiger partial charge in [-0.05, 0) is 44.0 Å². The molecule has 1 saturated carbocycles. The number of aromatic nitrogens is 2. The molecule has 0 atom stereocenters. The first kappa shape index (κ1) is 12.1. The molecule has 0 bridgehead atoms. The molecule has 1 aromatic carbocycles. The summed E-state index contributed by atoms with van der Waals surface area (Å²) in [6.45, 7) is 2.99. The van der Waals surface area contributed by atoms with Crippen molar-refractivity contribution in [2.45, 2.75) is 32.2 Å². The summed E-state index contributed by atoms with van der Waals surface area (Å²) in [5, 5.41) is 0. The van der Waals surface area contributed by atoms with Crippen molar-refractivity contribution in [1.29, 1.82) is 0 Å². The van der Waals surface area contributed by atoms with E-state index in [1.807, 2.05) is 24.3 Å². The van der Waals surface area contributed by atoms with Crippen LogP contribution in [0.3, 0.4) is 0 Å². The predicted octanol–water partition coefficient (Wildman–Crippen LogP) is 3.04. The van der Waals surface area contributed by atoms with Crippen LogP contribution in [-0.4, -0.2) is 16.7 Å². The number of nitrogens with two attached hydrogens (primary N) is 1. The van der Waals surface area contributed by atoms with E-state index in [0.717, 1.165) is 35.2 Å². The molecule has 1 aliphatic carbocycles. The Balaban J connectivity index is 2.03. The average Bonchev–Trinajstić information content (AvgIpc) is 3.23. The maximum Gasteiger partial charge on any atom is 0.131 e. The Morgan fingerprint density at radius 2 is 2.00 bits per heavy atom. The highest BCUT2D eigenvalue weighted by Gasteiger charge is 2.30. The third-order valence-electron chi connectivity index (χ3n) is 3.66. The van der Waals surface area contributed by atoms with Gasteiger partial charge in [-0.15, -0.1) is 0 Å². The molecule has 4 heteroatoms. The van der Waals surface area contributed by atoms with Gasteiger partial charge in [-0.25, -0.2) is 4.98 Å². The maximum atomic E-state index is 6.25. The smallest absolute Gasteiger partial charge is 0.131 e. The van der Waals surface area contributed by atoms with Crippen molar-refractivity contribution in [3.63, 3.8) is 0 Å². The normalized spacial score (nSPS) is 14.6. The molecule has 100 valence electrons. The highest BCUT2D eigenvalue weighted by molar-refractivity contribution is 5.71. The van der Waals surface area contributed by atoms with Crippen LogP contribution in [0.4, 0.5) is 5.82 Å². The molecule has 0 spiro atoms. The van der Waals surface area contributed by atoms with Crippen LogP contribution in [-0.2, 0) is 6.54 Å². The second-order valence-corrected chi connectivity index (χ2v) is 4.95. The number of hydrogen-bond acceptors (Lipinski definition) is 3. The Hall–Kier alpha value is -1.97. The van der Waals surface area contributed by atoms with E-state index in [9.17, 15) is 0 Å². The van der Waals surface area contributed by atoms with Gasteiger partial charge in [0.2, 0.25) is 0 Å². The first-order valence-electron chi connectivity index (χ1n) is 6.75. The van der Waals surface area contributed by atoms with Crippen LogP contribution in [0.2, 0.25) is 0 Å². The van der Waals surface area contributed by atoms with Gasteiger partial charge in [-0.1, -0.05) is 0 Å². The highest BCUT2D eigenvalue weighted by atomic mass is 16.5. The van der Waals surface area contributed by atoms with Crippen LogP contribution in [0.5, 0.6) is 5.75 Å². The third kappa shape index (κ3) is 2.07. The van der Waals surface area contributed by atoms with Gasteiger partial charge in [0, 0.05) is 18.0 Å². The lowest BCUT2D eigenvalue weighted by atomic mass is 10.1. The molecule has 1 heterocycles. The molecule has 2 N–H and O–H groups in total. The van der Waals surface area contributed by atoms with Crippen LogP contribution >= 0.6 is 0 Å². The Morgan fingerprint density at radius 1 is 1.32 bits per heavy atom. The van der Waals surface area contributed by atoms with Crippen LogP contribution in [0, 0.1) is 0 Å². The Kier molecular flexibility index (Phi) is 2.93. The lowest BCUT2D eigenvalue weighted by molar-refractivity contribution is 0.415. The van der Waals surface area contributed by atoms with Crippen LogP contribution in [0.25, 0.3) is 11.3 Å². The molecular weight excluding hydrogens is 238 g/mol. The number of nitrogen functional groups attached to an aromatic ring is 1. The molecule has 3 rings (SSSR count). The standard InChI is InChI=1S/C15H19N3O/c1-3-18-14(16)13(17-15(18)11-4-5-11)10-6-8-12(19-2)9-7-10/h6-9,11H,3-5,16H2,1-2H3. The van der Waals surface area contributed by atoms with Gasteiger partial charge in [-0.3, -0.25) is 0 Å². The summed E-state index contributed by atoms with van der Waals surface area (Å²) in [5.41, 5.74) is 8.20. The zero-order valence-electron chi connectivity index (χ0n) is 11.4. The van der Waals surface area contributed by atoms with E-state index in [0.29, 0.717) is 5.92 Å². The van der Waals surface area contributed by atoms with E-state index in [-0.39, 0.29) is 0 Å². The number of rotatable bonds is 4. The predicted molar refractivity (Wildman–Crippen MR) is 76.3 cm³/mol. The van der Waals surface area contributed by atoms with Crippen LogP contribution in [0.15, 0.2) is 24.3 Å². The molecule has 0 saturated heterocycles. The molecule has 1 fully saturated rings. The molecule has 0 amide bonds. The molecule has 0 radical (unpaired) electrons. The molecule has 2 aromatic rings. The topological polar surface area (TPSA) is 53.1 Å². The number of ether oxygens (including phenoxy) is 1. The fraction of sp³-hybridized carbons (Fsp3) is 0.400. The van der Waals surface area contributed by atoms with E-state index in [2.05, 4.69) is 11.5 Å². The fourth-order valence-corrected chi connectivity index (χ4v) is 2.43. The Morgan fingerprint density at radius 3 is 2.53 bits per heavy atom. The Bertz CT molecular complexity index is 582. The van der Waals surface area contributed by atoms with Gasteiger partial charge in [0.1, 0.15) is 23.1 Å². The van der Waals surface area contributed by atoms with Crippen molar-refractivity contribution in [3.8, 4) is 17.0 Å². The zero-order valence-corrected chi connectivity index (χ0v) is 11.4. The fourth-order valence-electron chi connectivity index (χ4n) is 2.43. The quantitative estimate of drug-likeness (QED) is 0.916. The number of nitrogens with zero attached hydrogens (tertiary/aromatic N) is 2. The monoisotopic (exact) mass is 257 g/mol. The van der Waals surface area contributed by atoms with Crippen LogP contribution in [0.1, 0.15) is 31.5 Å². The van der Waals surface area contributed by atoms with Gasteiger partial charge in [0.05, 0.1) is 7.11 Å². The Labute approximate surface area is 113 Å². The van der Waals surface area contributed by atoms with E-state index in [1.165, 1.54) is 12.8 Å². The molecule has 0 unspecified atom stereocenters. The number of methoxy groups -OCH3 is 1. The second-order valence-electron chi connectivity index (χ2n) is 4.95. The highest BCUT2D eigenvalue weighted by Crippen LogP contribution is 2.42. The molecular formula is C15H19N3O. The van der Waals surface area contributed by atoms with Crippen LogP contribution < -0.4 is 10.5 Å². The van der Waals surface area contributed by atoms with Crippen molar-refractivity contribution < 1.29 is 4.74 Å². The van der Waals surface area contributed by atoms with E-state index >= 15 is 0 Å². The summed E-state index contributed by atoms with van der Waals surface area (Å²) in [7, 11) is 1.67. The minimum Gasteiger partial charge on any atom is -0.497 e. The lowest BCUT2D eigenvalue weighted by Crippen LogP contribution is -2.04. The van der Waals surface area contributed by atoms with Gasteiger partial charge in [0.25, 0.3) is 0 Å². The van der Waals surface area contributed by atoms with Crippen molar-refractivity contribution in [2.75, 3.05) is 12.8 Å². The summed E-state index contributed by atoms with van der Waals surface area (Å²) in [5.74, 6) is 3.37. The van der Waals surface area contributed by atoms with Gasteiger partial charge < -0.3 is 15.0 Å². The molecule has 19 heavy (non-hydrogen) atoms. The average molecular weight is 257 g/mol. The second kappa shape index (κ2) is 4.61. The maximum absolute atomic E-state index is 6.25. The third-order valence-corrected chi connectivity index (χ3v) is 3.66. The number of hydrogen-bond donors (Lipinski definition) is 1. The summed E-state index contributed by atoms with van der Waals surface area (Å²) >= 11 is 0. The van der Waals surface area contributed by atoms with Crippen molar-refractivity contribution in [3.05, 3.63) is 30.1 Å². The van der Waals surface area contributed by atoms with Gasteiger partial charge in [0.15, 0.2) is 0 Å². The summed E-state index contributed by atoms with van der Waals surface area (Å²) < 4.78 is 7.31. The van der Waals surface area contributed by atoms with Gasteiger partial charge in [-0.2, -0.15) is 0 Å². The first-order chi connectivity index (χ1) is 9.24. The largest absolute Gasteiger partial charge is 0.497 e. The molecule has 1 aliphatic rings. The minimum atomic E-state index is 0.606. The summed E-state index contributed by atoms with van der Waals surface area (Å²) in [6.07, 6.45) is 2.47. The minimum absolute atomic E-state index is 0.606. The number of anilines is 1. The number of benzene rings is 1. The van der Waals surface area contributed by atoms with Crippen molar-refractivity contribution in [2.24, 2.45) is 0 Å². The van der Waals surface area contributed by atoms with Crippen molar-refractivity contribution >= 4 is 5.82 Å². The molecule has 1 aromatic heterocycles.